The Labute approximate surface area is 132 Å². The van der Waals surface area contributed by atoms with Crippen molar-refractivity contribution in [3.8, 4) is 0 Å². The predicted octanol–water partition coefficient (Wildman–Crippen LogP) is 1.73. The zero-order valence-corrected chi connectivity index (χ0v) is 12.3. The molecule has 0 aliphatic carbocycles. The highest BCUT2D eigenvalue weighted by molar-refractivity contribution is 7.12. The maximum absolute atomic E-state index is 13.2. The van der Waals surface area contributed by atoms with E-state index in [9.17, 15) is 27.9 Å². The maximum atomic E-state index is 13.2. The summed E-state index contributed by atoms with van der Waals surface area (Å²) in [5.74, 6) is -5.88. The lowest BCUT2D eigenvalue weighted by Gasteiger charge is -2.16. The summed E-state index contributed by atoms with van der Waals surface area (Å²) in [7, 11) is 0. The van der Waals surface area contributed by atoms with E-state index in [-0.39, 0.29) is 16.0 Å². The summed E-state index contributed by atoms with van der Waals surface area (Å²) in [6.07, 6.45) is 0. The minimum Gasteiger partial charge on any atom is -0.394 e. The van der Waals surface area contributed by atoms with Crippen LogP contribution in [0.15, 0.2) is 23.6 Å². The van der Waals surface area contributed by atoms with Crippen LogP contribution in [0.5, 0.6) is 0 Å². The van der Waals surface area contributed by atoms with Crippen molar-refractivity contribution in [2.75, 3.05) is 6.61 Å². The number of primary amides is 1. The van der Waals surface area contributed by atoms with Gasteiger partial charge in [-0.1, -0.05) is 0 Å². The number of thiophene rings is 1. The first-order chi connectivity index (χ1) is 10.8. The number of carbonyl (C=O) groups excluding carboxylic acids is 2. The van der Waals surface area contributed by atoms with Gasteiger partial charge in [0.2, 0.25) is 5.91 Å². The lowest BCUT2D eigenvalue weighted by molar-refractivity contribution is 0.0920. The summed E-state index contributed by atoms with van der Waals surface area (Å²) in [4.78, 5) is 23.1. The van der Waals surface area contributed by atoms with Gasteiger partial charge in [-0.25, -0.2) is 13.2 Å². The van der Waals surface area contributed by atoms with Crippen LogP contribution in [0, 0.1) is 17.5 Å². The Bertz CT molecular complexity index is 740. The molecule has 1 aromatic carbocycles. The van der Waals surface area contributed by atoms with Crippen molar-refractivity contribution in [2.45, 2.75) is 6.04 Å². The van der Waals surface area contributed by atoms with Crippen molar-refractivity contribution in [3.05, 3.63) is 57.0 Å². The van der Waals surface area contributed by atoms with E-state index in [1.54, 1.807) is 0 Å². The van der Waals surface area contributed by atoms with E-state index in [0.29, 0.717) is 12.1 Å². The van der Waals surface area contributed by atoms with Crippen molar-refractivity contribution in [1.29, 1.82) is 0 Å². The molecule has 0 spiro atoms. The SMILES string of the molecule is NC(=O)c1csc(C(=O)NC(CO)c2cc(F)c(F)c(F)c2)c1. The smallest absolute Gasteiger partial charge is 0.261 e. The molecule has 0 saturated heterocycles. The van der Waals surface area contributed by atoms with Crippen LogP contribution in [-0.2, 0) is 0 Å². The number of halogens is 3. The number of benzene rings is 1. The van der Waals surface area contributed by atoms with Gasteiger partial charge in [-0.05, 0) is 23.8 Å². The van der Waals surface area contributed by atoms with Crippen LogP contribution in [0.1, 0.15) is 31.6 Å². The van der Waals surface area contributed by atoms with Crippen LogP contribution < -0.4 is 11.1 Å². The van der Waals surface area contributed by atoms with Crippen molar-refractivity contribution < 1.29 is 27.9 Å². The second-order valence-corrected chi connectivity index (χ2v) is 5.48. The summed E-state index contributed by atoms with van der Waals surface area (Å²) in [6.45, 7) is -0.662. The van der Waals surface area contributed by atoms with Crippen LogP contribution >= 0.6 is 11.3 Å². The van der Waals surface area contributed by atoms with E-state index >= 15 is 0 Å². The van der Waals surface area contributed by atoms with Crippen molar-refractivity contribution in [3.63, 3.8) is 0 Å². The predicted molar refractivity (Wildman–Crippen MR) is 76.4 cm³/mol. The second kappa shape index (κ2) is 6.80. The second-order valence-electron chi connectivity index (χ2n) is 4.57. The molecule has 1 unspecified atom stereocenters. The molecule has 23 heavy (non-hydrogen) atoms. The van der Waals surface area contributed by atoms with E-state index in [4.69, 9.17) is 5.73 Å². The van der Waals surface area contributed by atoms with Gasteiger partial charge in [0.25, 0.3) is 5.91 Å². The quantitative estimate of drug-likeness (QED) is 0.721. The molecule has 4 N–H and O–H groups in total. The minimum atomic E-state index is -1.64. The van der Waals surface area contributed by atoms with Crippen LogP contribution in [0.4, 0.5) is 13.2 Å². The van der Waals surface area contributed by atoms with E-state index in [2.05, 4.69) is 5.32 Å². The van der Waals surface area contributed by atoms with Gasteiger partial charge < -0.3 is 16.2 Å². The van der Waals surface area contributed by atoms with Crippen molar-refractivity contribution >= 4 is 23.2 Å². The first-order valence-corrected chi connectivity index (χ1v) is 7.16. The van der Waals surface area contributed by atoms with E-state index in [0.717, 1.165) is 11.3 Å². The third-order valence-corrected chi connectivity index (χ3v) is 3.93. The van der Waals surface area contributed by atoms with Crippen LogP contribution in [0.3, 0.4) is 0 Å². The molecule has 0 bridgehead atoms. The average Bonchev–Trinajstić information content (AvgIpc) is 2.99. The molecule has 5 nitrogen and oxygen atoms in total. The van der Waals surface area contributed by atoms with Gasteiger partial charge in [-0.3, -0.25) is 9.59 Å². The number of hydrogen-bond acceptors (Lipinski definition) is 4. The number of hydrogen-bond donors (Lipinski definition) is 3. The highest BCUT2D eigenvalue weighted by Crippen LogP contribution is 2.21. The van der Waals surface area contributed by atoms with Gasteiger partial charge >= 0.3 is 0 Å². The molecule has 0 fully saturated rings. The Balaban J connectivity index is 2.21. The number of carbonyl (C=O) groups is 2. The van der Waals surface area contributed by atoms with Crippen LogP contribution in [-0.4, -0.2) is 23.5 Å². The molecule has 2 aromatic rings. The third-order valence-electron chi connectivity index (χ3n) is 3.00. The fourth-order valence-corrected chi connectivity index (χ4v) is 2.62. The summed E-state index contributed by atoms with van der Waals surface area (Å²) < 4.78 is 39.4. The van der Waals surface area contributed by atoms with Gasteiger partial charge in [0.15, 0.2) is 17.5 Å². The van der Waals surface area contributed by atoms with Gasteiger partial charge in [-0.2, -0.15) is 0 Å². The molecule has 122 valence electrons. The largest absolute Gasteiger partial charge is 0.394 e. The molecule has 1 heterocycles. The van der Waals surface area contributed by atoms with Crippen molar-refractivity contribution in [1.82, 2.24) is 5.32 Å². The standard InChI is InChI=1S/C14H11F3N2O3S/c15-8-1-6(2-9(16)12(8)17)10(4-20)19-14(22)11-3-7(5-23-11)13(18)21/h1-3,5,10,20H,4H2,(H2,18,21)(H,19,22). The van der Waals surface area contributed by atoms with Crippen molar-refractivity contribution in [2.24, 2.45) is 5.73 Å². The van der Waals surface area contributed by atoms with Gasteiger partial charge in [0.1, 0.15) is 0 Å². The number of amides is 2. The number of nitrogens with two attached hydrogens (primary N) is 1. The monoisotopic (exact) mass is 344 g/mol. The highest BCUT2D eigenvalue weighted by Gasteiger charge is 2.20. The third kappa shape index (κ3) is 3.69. The summed E-state index contributed by atoms with van der Waals surface area (Å²) in [5, 5.41) is 13.0. The molecule has 2 rings (SSSR count). The topological polar surface area (TPSA) is 92.4 Å². The average molecular weight is 344 g/mol. The number of aliphatic hydroxyl groups is 1. The normalized spacial score (nSPS) is 12.0. The molecule has 0 radical (unpaired) electrons. The van der Waals surface area contributed by atoms with E-state index in [1.807, 2.05) is 0 Å². The fraction of sp³-hybridized carbons (Fsp3) is 0.143. The Morgan fingerprint density at radius 1 is 1.22 bits per heavy atom. The molecule has 1 atom stereocenters. The fourth-order valence-electron chi connectivity index (χ4n) is 1.82. The Morgan fingerprint density at radius 3 is 2.30 bits per heavy atom. The van der Waals surface area contributed by atoms with Gasteiger partial charge in [0, 0.05) is 5.38 Å². The lowest BCUT2D eigenvalue weighted by Crippen LogP contribution is -2.30. The molecular weight excluding hydrogens is 333 g/mol. The number of nitrogens with one attached hydrogen (secondary N) is 1. The first kappa shape index (κ1) is 17.0. The molecule has 9 heteroatoms. The van der Waals surface area contributed by atoms with Gasteiger partial charge in [0.05, 0.1) is 23.1 Å². The van der Waals surface area contributed by atoms with E-state index < -0.39 is 41.9 Å². The zero-order chi connectivity index (χ0) is 17.1. The Morgan fingerprint density at radius 2 is 1.83 bits per heavy atom. The molecule has 0 aliphatic heterocycles. The molecule has 1 aromatic heterocycles. The Kier molecular flexibility index (Phi) is 5.02. The van der Waals surface area contributed by atoms with Crippen LogP contribution in [0.2, 0.25) is 0 Å². The maximum Gasteiger partial charge on any atom is 0.261 e. The summed E-state index contributed by atoms with van der Waals surface area (Å²) >= 11 is 0.940. The molecule has 0 aliphatic rings. The first-order valence-electron chi connectivity index (χ1n) is 6.28. The minimum absolute atomic E-state index is 0.125. The zero-order valence-electron chi connectivity index (χ0n) is 11.5. The molecule has 2 amide bonds. The number of aliphatic hydroxyl groups excluding tert-OH is 1. The lowest BCUT2D eigenvalue weighted by atomic mass is 10.1. The summed E-state index contributed by atoms with van der Waals surface area (Å²) in [6, 6.07) is 1.47. The van der Waals surface area contributed by atoms with Gasteiger partial charge in [-0.15, -0.1) is 11.3 Å². The summed E-state index contributed by atoms with van der Waals surface area (Å²) in [5.41, 5.74) is 5.07. The molecular formula is C14H11F3N2O3S. The number of rotatable bonds is 5. The molecule has 0 saturated carbocycles. The Hall–Kier alpha value is -2.39. The van der Waals surface area contributed by atoms with E-state index in [1.165, 1.54) is 11.4 Å². The van der Waals surface area contributed by atoms with Crippen LogP contribution in [0.25, 0.3) is 0 Å². The highest BCUT2D eigenvalue weighted by atomic mass is 32.1.